The van der Waals surface area contributed by atoms with E-state index in [1.165, 1.54) is 18.0 Å². The lowest BCUT2D eigenvalue weighted by Gasteiger charge is -2.20. The number of ether oxygens (including phenoxy) is 1. The number of benzene rings is 2. The fraction of sp³-hybridized carbons (Fsp3) is 0.158. The molecular formula is C19H19N3O3S. The molecule has 7 heteroatoms. The standard InChI is InChI=1S/C19H19N3O3S/c1-3-25-15-9-6-7-13(17(15)23)11-20-22-19(24)18-12(2)21-14-8-4-5-10-16(14)26-18/h4-11,21,23H,3H2,1-2H3,(H,22,24). The number of fused-ring (bicyclic) bond motifs is 1. The van der Waals surface area contributed by atoms with Crippen molar-refractivity contribution >= 4 is 29.6 Å². The SMILES string of the molecule is CCOc1cccc(C=NNC(=O)C2=C(C)Nc3ccccc3S2)c1O. The molecule has 0 aromatic heterocycles. The first-order chi connectivity index (χ1) is 12.6. The molecular weight excluding hydrogens is 350 g/mol. The van der Waals surface area contributed by atoms with Gasteiger partial charge in [-0.1, -0.05) is 30.0 Å². The summed E-state index contributed by atoms with van der Waals surface area (Å²) < 4.78 is 5.33. The molecule has 6 nitrogen and oxygen atoms in total. The van der Waals surface area contributed by atoms with E-state index in [-0.39, 0.29) is 11.7 Å². The molecule has 1 heterocycles. The number of phenolic OH excluding ortho intramolecular Hbond substituents is 1. The number of amides is 1. The van der Waals surface area contributed by atoms with Crippen LogP contribution >= 0.6 is 11.8 Å². The van der Waals surface area contributed by atoms with Gasteiger partial charge in [-0.05, 0) is 38.1 Å². The van der Waals surface area contributed by atoms with Gasteiger partial charge >= 0.3 is 0 Å². The van der Waals surface area contributed by atoms with Crippen molar-refractivity contribution in [2.45, 2.75) is 18.7 Å². The van der Waals surface area contributed by atoms with E-state index in [1.807, 2.05) is 38.1 Å². The summed E-state index contributed by atoms with van der Waals surface area (Å²) in [6, 6.07) is 12.9. The Balaban J connectivity index is 1.70. The van der Waals surface area contributed by atoms with Crippen LogP contribution in [0.1, 0.15) is 19.4 Å². The third kappa shape index (κ3) is 3.83. The smallest absolute Gasteiger partial charge is 0.279 e. The summed E-state index contributed by atoms with van der Waals surface area (Å²) in [6.45, 7) is 4.13. The lowest BCUT2D eigenvalue weighted by atomic mass is 10.2. The topological polar surface area (TPSA) is 83.0 Å². The fourth-order valence-corrected chi connectivity index (χ4v) is 3.39. The maximum Gasteiger partial charge on any atom is 0.279 e. The molecule has 1 aliphatic heterocycles. The maximum atomic E-state index is 12.4. The number of aromatic hydroxyl groups is 1. The summed E-state index contributed by atoms with van der Waals surface area (Å²) in [4.78, 5) is 14.0. The van der Waals surface area contributed by atoms with Crippen LogP contribution in [0.25, 0.3) is 0 Å². The Hall–Kier alpha value is -2.93. The molecule has 0 radical (unpaired) electrons. The van der Waals surface area contributed by atoms with E-state index < -0.39 is 0 Å². The number of hydrogen-bond donors (Lipinski definition) is 3. The minimum Gasteiger partial charge on any atom is -0.504 e. The zero-order valence-corrected chi connectivity index (χ0v) is 15.3. The Bertz CT molecular complexity index is 893. The summed E-state index contributed by atoms with van der Waals surface area (Å²) in [6.07, 6.45) is 1.39. The molecule has 26 heavy (non-hydrogen) atoms. The van der Waals surface area contributed by atoms with Crippen molar-refractivity contribution in [3.63, 3.8) is 0 Å². The predicted molar refractivity (Wildman–Crippen MR) is 104 cm³/mol. The number of hydrogen-bond acceptors (Lipinski definition) is 6. The number of hydrazone groups is 1. The van der Waals surface area contributed by atoms with Gasteiger partial charge in [-0.3, -0.25) is 4.79 Å². The molecule has 2 aromatic rings. The second-order valence-corrected chi connectivity index (χ2v) is 6.56. The molecule has 2 aromatic carbocycles. The molecule has 0 unspecified atom stereocenters. The van der Waals surface area contributed by atoms with Crippen molar-refractivity contribution in [1.29, 1.82) is 0 Å². The number of carbonyl (C=O) groups excluding carboxylic acids is 1. The minimum atomic E-state index is -0.314. The highest BCUT2D eigenvalue weighted by Gasteiger charge is 2.21. The number of phenols is 1. The molecule has 0 fully saturated rings. The van der Waals surface area contributed by atoms with E-state index in [9.17, 15) is 9.90 Å². The van der Waals surface area contributed by atoms with E-state index in [4.69, 9.17) is 4.74 Å². The van der Waals surface area contributed by atoms with Gasteiger partial charge in [0, 0.05) is 16.2 Å². The molecule has 0 spiro atoms. The highest BCUT2D eigenvalue weighted by atomic mass is 32.2. The molecule has 0 atom stereocenters. The van der Waals surface area contributed by atoms with Crippen LogP contribution < -0.4 is 15.5 Å². The summed E-state index contributed by atoms with van der Waals surface area (Å²) >= 11 is 1.39. The molecule has 1 aliphatic rings. The first-order valence-electron chi connectivity index (χ1n) is 8.13. The van der Waals surface area contributed by atoms with Crippen molar-refractivity contribution in [1.82, 2.24) is 5.43 Å². The predicted octanol–water partition coefficient (Wildman–Crippen LogP) is 3.69. The average Bonchev–Trinajstić information content (AvgIpc) is 2.64. The van der Waals surface area contributed by atoms with Crippen molar-refractivity contribution in [3.05, 3.63) is 58.6 Å². The molecule has 3 rings (SSSR count). The van der Waals surface area contributed by atoms with Gasteiger partial charge in [0.2, 0.25) is 0 Å². The van der Waals surface area contributed by atoms with E-state index in [0.29, 0.717) is 22.8 Å². The second kappa shape index (κ2) is 7.97. The third-order valence-electron chi connectivity index (χ3n) is 3.67. The Morgan fingerprint density at radius 1 is 1.31 bits per heavy atom. The Morgan fingerprint density at radius 3 is 2.92 bits per heavy atom. The number of rotatable bonds is 5. The highest BCUT2D eigenvalue weighted by Crippen LogP contribution is 2.39. The monoisotopic (exact) mass is 369 g/mol. The Kier molecular flexibility index (Phi) is 5.48. The number of para-hydroxylation sites is 2. The fourth-order valence-electron chi connectivity index (χ4n) is 2.45. The van der Waals surface area contributed by atoms with Crippen molar-refractivity contribution in [3.8, 4) is 11.5 Å². The van der Waals surface area contributed by atoms with Crippen LogP contribution in [0.5, 0.6) is 11.5 Å². The van der Waals surface area contributed by atoms with E-state index >= 15 is 0 Å². The molecule has 134 valence electrons. The number of nitrogens with one attached hydrogen (secondary N) is 2. The molecule has 0 saturated heterocycles. The van der Waals surface area contributed by atoms with Crippen LogP contribution in [0.15, 0.2) is 63.1 Å². The highest BCUT2D eigenvalue weighted by molar-refractivity contribution is 8.04. The van der Waals surface area contributed by atoms with Crippen molar-refractivity contribution < 1.29 is 14.6 Å². The third-order valence-corrected chi connectivity index (χ3v) is 4.94. The summed E-state index contributed by atoms with van der Waals surface area (Å²) in [5.74, 6) is 0.0570. The zero-order chi connectivity index (χ0) is 18.5. The average molecular weight is 369 g/mol. The van der Waals surface area contributed by atoms with Gasteiger partial charge in [0.05, 0.1) is 23.4 Å². The van der Waals surface area contributed by atoms with Gasteiger partial charge in [-0.25, -0.2) is 5.43 Å². The van der Waals surface area contributed by atoms with Gasteiger partial charge < -0.3 is 15.2 Å². The molecule has 0 saturated carbocycles. The van der Waals surface area contributed by atoms with Gasteiger partial charge in [0.15, 0.2) is 11.5 Å². The molecule has 0 bridgehead atoms. The second-order valence-electron chi connectivity index (χ2n) is 5.50. The lowest BCUT2D eigenvalue weighted by molar-refractivity contribution is -0.116. The number of nitrogens with zero attached hydrogens (tertiary/aromatic N) is 1. The van der Waals surface area contributed by atoms with Gasteiger partial charge in [-0.15, -0.1) is 0 Å². The van der Waals surface area contributed by atoms with Crippen LogP contribution in [-0.2, 0) is 4.79 Å². The van der Waals surface area contributed by atoms with Crippen LogP contribution in [0, 0.1) is 0 Å². The molecule has 1 amide bonds. The Labute approximate surface area is 156 Å². The normalized spacial score (nSPS) is 13.3. The largest absolute Gasteiger partial charge is 0.504 e. The quantitative estimate of drug-likeness (QED) is 0.553. The maximum absolute atomic E-state index is 12.4. The van der Waals surface area contributed by atoms with Crippen molar-refractivity contribution in [2.24, 2.45) is 5.10 Å². The lowest BCUT2D eigenvalue weighted by Crippen LogP contribution is -2.22. The van der Waals surface area contributed by atoms with E-state index in [0.717, 1.165) is 16.3 Å². The molecule has 0 aliphatic carbocycles. The summed E-state index contributed by atoms with van der Waals surface area (Å²) in [5.41, 5.74) is 4.71. The van der Waals surface area contributed by atoms with Crippen molar-refractivity contribution in [2.75, 3.05) is 11.9 Å². The van der Waals surface area contributed by atoms with Crippen LogP contribution in [0.3, 0.4) is 0 Å². The van der Waals surface area contributed by atoms with E-state index in [1.54, 1.807) is 18.2 Å². The number of thioether (sulfide) groups is 1. The molecule has 3 N–H and O–H groups in total. The zero-order valence-electron chi connectivity index (χ0n) is 14.4. The van der Waals surface area contributed by atoms with E-state index in [2.05, 4.69) is 15.8 Å². The first-order valence-corrected chi connectivity index (χ1v) is 8.94. The first kappa shape index (κ1) is 17.9. The number of carbonyl (C=O) groups is 1. The van der Waals surface area contributed by atoms with Gasteiger partial charge in [0.25, 0.3) is 5.91 Å². The van der Waals surface area contributed by atoms with Crippen LogP contribution in [0.2, 0.25) is 0 Å². The van der Waals surface area contributed by atoms with Crippen LogP contribution in [0.4, 0.5) is 5.69 Å². The summed E-state index contributed by atoms with van der Waals surface area (Å²) in [7, 11) is 0. The number of anilines is 1. The summed E-state index contributed by atoms with van der Waals surface area (Å²) in [5, 5.41) is 17.3. The minimum absolute atomic E-state index is 0.00891. The van der Waals surface area contributed by atoms with Crippen LogP contribution in [-0.4, -0.2) is 23.8 Å². The van der Waals surface area contributed by atoms with Gasteiger partial charge in [0.1, 0.15) is 0 Å². The van der Waals surface area contributed by atoms with Gasteiger partial charge in [-0.2, -0.15) is 5.10 Å². The Morgan fingerprint density at radius 2 is 2.12 bits per heavy atom. The number of allylic oxidation sites excluding steroid dienone is 1.